The number of fused-ring (bicyclic) bond motifs is 1. The average molecular weight is 351 g/mol. The van der Waals surface area contributed by atoms with Gasteiger partial charge in [-0.2, -0.15) is 0 Å². The zero-order valence-corrected chi connectivity index (χ0v) is 14.8. The first-order chi connectivity index (χ1) is 12.5. The van der Waals surface area contributed by atoms with Crippen LogP contribution in [0.5, 0.6) is 0 Å². The van der Waals surface area contributed by atoms with Crippen LogP contribution in [-0.2, 0) is 6.54 Å². The van der Waals surface area contributed by atoms with Crippen LogP contribution < -0.4 is 16.6 Å². The van der Waals surface area contributed by atoms with Gasteiger partial charge in [0, 0.05) is 11.6 Å². The first-order valence-corrected chi connectivity index (χ1v) is 8.61. The van der Waals surface area contributed by atoms with Gasteiger partial charge in [0.15, 0.2) is 0 Å². The van der Waals surface area contributed by atoms with E-state index >= 15 is 0 Å². The van der Waals surface area contributed by atoms with Crippen LogP contribution in [-0.4, -0.2) is 21.5 Å². The van der Waals surface area contributed by atoms with Gasteiger partial charge in [0.1, 0.15) is 0 Å². The third-order valence-electron chi connectivity index (χ3n) is 4.44. The lowest BCUT2D eigenvalue weighted by Gasteiger charge is -2.12. The molecule has 0 aliphatic rings. The highest BCUT2D eigenvalue weighted by Gasteiger charge is 2.10. The van der Waals surface area contributed by atoms with Gasteiger partial charge in [0.05, 0.1) is 17.4 Å². The molecule has 134 valence electrons. The van der Waals surface area contributed by atoms with Crippen molar-refractivity contribution in [2.24, 2.45) is 0 Å². The summed E-state index contributed by atoms with van der Waals surface area (Å²) in [6.45, 7) is 4.10. The highest BCUT2D eigenvalue weighted by Crippen LogP contribution is 2.07. The first-order valence-electron chi connectivity index (χ1n) is 8.61. The maximum atomic E-state index is 12.6. The predicted octanol–water partition coefficient (Wildman–Crippen LogP) is 2.27. The number of benzene rings is 2. The molecular weight excluding hydrogens is 330 g/mol. The molecule has 1 amide bonds. The van der Waals surface area contributed by atoms with Crippen LogP contribution >= 0.6 is 0 Å². The maximum absolute atomic E-state index is 12.6. The Balaban J connectivity index is 1.86. The van der Waals surface area contributed by atoms with Gasteiger partial charge in [-0.05, 0) is 43.2 Å². The summed E-state index contributed by atoms with van der Waals surface area (Å²) in [4.78, 5) is 39.6. The van der Waals surface area contributed by atoms with E-state index in [-0.39, 0.29) is 24.1 Å². The first kappa shape index (κ1) is 17.7. The van der Waals surface area contributed by atoms with E-state index in [1.807, 2.05) is 13.8 Å². The summed E-state index contributed by atoms with van der Waals surface area (Å²) in [5.41, 5.74) is 1.06. The van der Waals surface area contributed by atoms with E-state index in [1.165, 1.54) is 0 Å². The Kier molecular flexibility index (Phi) is 5.02. The summed E-state index contributed by atoms with van der Waals surface area (Å²) in [6, 6.07) is 13.9. The summed E-state index contributed by atoms with van der Waals surface area (Å²) < 4.78 is 1.16. The smallest absolute Gasteiger partial charge is 0.329 e. The molecule has 0 saturated carbocycles. The highest BCUT2D eigenvalue weighted by molar-refractivity contribution is 5.94. The normalized spacial score (nSPS) is 12.1. The Morgan fingerprint density at radius 2 is 1.81 bits per heavy atom. The quantitative estimate of drug-likeness (QED) is 0.739. The number of para-hydroxylation sites is 1. The van der Waals surface area contributed by atoms with E-state index in [9.17, 15) is 14.4 Å². The van der Waals surface area contributed by atoms with Crippen molar-refractivity contribution >= 4 is 16.8 Å². The second-order valence-electron chi connectivity index (χ2n) is 6.35. The van der Waals surface area contributed by atoms with Crippen molar-refractivity contribution in [3.63, 3.8) is 0 Å². The molecule has 0 bridgehead atoms. The lowest BCUT2D eigenvalue weighted by atomic mass is 10.1. The van der Waals surface area contributed by atoms with Crippen LogP contribution in [0.1, 0.15) is 36.2 Å². The number of nitrogens with one attached hydrogen (secondary N) is 2. The van der Waals surface area contributed by atoms with Crippen molar-refractivity contribution < 1.29 is 4.79 Å². The number of rotatable bonds is 5. The fraction of sp³-hybridized carbons (Fsp3) is 0.250. The van der Waals surface area contributed by atoms with E-state index in [1.54, 1.807) is 48.5 Å². The maximum Gasteiger partial charge on any atom is 0.329 e. The predicted molar refractivity (Wildman–Crippen MR) is 102 cm³/mol. The molecule has 0 fully saturated rings. The number of H-pyrrole nitrogens is 1. The van der Waals surface area contributed by atoms with E-state index in [2.05, 4.69) is 10.3 Å². The average Bonchev–Trinajstić information content (AvgIpc) is 2.65. The molecule has 6 nitrogen and oxygen atoms in total. The molecule has 1 atom stereocenters. The molecule has 0 aliphatic heterocycles. The Bertz CT molecular complexity index is 1050. The van der Waals surface area contributed by atoms with Crippen molar-refractivity contribution in [1.82, 2.24) is 14.9 Å². The molecule has 0 saturated heterocycles. The Morgan fingerprint density at radius 3 is 2.50 bits per heavy atom. The zero-order valence-electron chi connectivity index (χ0n) is 14.8. The molecule has 2 N–H and O–H groups in total. The molecular formula is C20H21N3O3. The lowest BCUT2D eigenvalue weighted by molar-refractivity contribution is 0.0939. The summed E-state index contributed by atoms with van der Waals surface area (Å²) >= 11 is 0. The van der Waals surface area contributed by atoms with Gasteiger partial charge in [-0.15, -0.1) is 0 Å². The van der Waals surface area contributed by atoms with E-state index in [0.717, 1.165) is 16.6 Å². The number of nitrogens with zero attached hydrogens (tertiary/aromatic N) is 1. The van der Waals surface area contributed by atoms with Crippen LogP contribution in [0.3, 0.4) is 0 Å². The Morgan fingerprint density at radius 1 is 1.12 bits per heavy atom. The molecule has 0 radical (unpaired) electrons. The monoisotopic (exact) mass is 351 g/mol. The molecule has 3 aromatic rings. The van der Waals surface area contributed by atoms with Crippen LogP contribution in [0.2, 0.25) is 0 Å². The van der Waals surface area contributed by atoms with Gasteiger partial charge >= 0.3 is 5.69 Å². The summed E-state index contributed by atoms with van der Waals surface area (Å²) in [6.07, 6.45) is 0.859. The number of carbonyl (C=O) groups excluding carboxylic acids is 1. The minimum atomic E-state index is -0.452. The van der Waals surface area contributed by atoms with Gasteiger partial charge < -0.3 is 10.3 Å². The Labute approximate surface area is 150 Å². The van der Waals surface area contributed by atoms with Crippen LogP contribution in [0.25, 0.3) is 10.9 Å². The Hall–Kier alpha value is -3.15. The molecule has 1 unspecified atom stereocenters. The molecule has 1 heterocycles. The molecule has 2 aromatic carbocycles. The zero-order chi connectivity index (χ0) is 18.7. The van der Waals surface area contributed by atoms with Crippen molar-refractivity contribution in [3.8, 4) is 0 Å². The molecule has 1 aromatic heterocycles. The number of aromatic amines is 1. The van der Waals surface area contributed by atoms with Crippen molar-refractivity contribution in [2.75, 3.05) is 0 Å². The topological polar surface area (TPSA) is 84.0 Å². The number of carbonyl (C=O) groups is 1. The summed E-state index contributed by atoms with van der Waals surface area (Å²) in [5.74, 6) is -0.133. The fourth-order valence-electron chi connectivity index (χ4n) is 2.70. The number of hydrogen-bond acceptors (Lipinski definition) is 3. The third-order valence-corrected chi connectivity index (χ3v) is 4.44. The van der Waals surface area contributed by atoms with Crippen molar-refractivity contribution in [3.05, 3.63) is 80.5 Å². The van der Waals surface area contributed by atoms with Gasteiger partial charge in [0.25, 0.3) is 11.5 Å². The molecule has 3 rings (SSSR count). The molecule has 26 heavy (non-hydrogen) atoms. The molecule has 0 aliphatic carbocycles. The third kappa shape index (κ3) is 3.59. The minimum absolute atomic E-state index is 0.108. The molecule has 6 heteroatoms. The van der Waals surface area contributed by atoms with Crippen LogP contribution in [0.4, 0.5) is 0 Å². The minimum Gasteiger partial charge on any atom is -0.350 e. The largest absolute Gasteiger partial charge is 0.350 e. The van der Waals surface area contributed by atoms with Gasteiger partial charge in [-0.25, -0.2) is 4.79 Å². The van der Waals surface area contributed by atoms with Crippen molar-refractivity contribution in [1.29, 1.82) is 0 Å². The van der Waals surface area contributed by atoms with Gasteiger partial charge in [-0.1, -0.05) is 31.2 Å². The second kappa shape index (κ2) is 7.39. The summed E-state index contributed by atoms with van der Waals surface area (Å²) in [5, 5.41) is 3.37. The van der Waals surface area contributed by atoms with Crippen LogP contribution in [0, 0.1) is 0 Å². The van der Waals surface area contributed by atoms with E-state index in [4.69, 9.17) is 0 Å². The molecule has 0 spiro atoms. The van der Waals surface area contributed by atoms with E-state index < -0.39 is 5.69 Å². The van der Waals surface area contributed by atoms with Gasteiger partial charge in [0.2, 0.25) is 0 Å². The fourth-order valence-corrected chi connectivity index (χ4v) is 2.70. The standard InChI is InChI=1S/C20H21N3O3/c1-3-13(2)21-18(24)15-10-8-14(9-11-15)12-23-19(25)16-6-4-5-7-17(16)22-20(23)26/h4-11,13H,3,12H2,1-2H3,(H,21,24)(H,22,26). The van der Waals surface area contributed by atoms with Gasteiger partial charge in [-0.3, -0.25) is 14.2 Å². The number of aromatic nitrogens is 2. The summed E-state index contributed by atoms with van der Waals surface area (Å²) in [7, 11) is 0. The number of amides is 1. The van der Waals surface area contributed by atoms with Crippen LogP contribution in [0.15, 0.2) is 58.1 Å². The number of hydrogen-bond donors (Lipinski definition) is 2. The lowest BCUT2D eigenvalue weighted by Crippen LogP contribution is -2.35. The highest BCUT2D eigenvalue weighted by atomic mass is 16.2. The second-order valence-corrected chi connectivity index (χ2v) is 6.35. The van der Waals surface area contributed by atoms with Crippen molar-refractivity contribution in [2.45, 2.75) is 32.9 Å². The SMILES string of the molecule is CCC(C)NC(=O)c1ccc(Cn2c(=O)[nH]c3ccccc3c2=O)cc1. The van der Waals surface area contributed by atoms with E-state index in [0.29, 0.717) is 16.5 Å².